The molecule has 1 aliphatic rings. The van der Waals surface area contributed by atoms with E-state index < -0.39 is 24.2 Å². The highest BCUT2D eigenvalue weighted by Crippen LogP contribution is 2.37. The number of aryl methyl sites for hydroxylation is 1. The van der Waals surface area contributed by atoms with Gasteiger partial charge in [-0.05, 0) is 40.0 Å². The molecule has 1 fully saturated rings. The molecular formula is C18H28F3N3O2. The van der Waals surface area contributed by atoms with Gasteiger partial charge in [0, 0.05) is 17.8 Å². The number of aliphatic hydroxyl groups is 1. The molecule has 0 aromatic carbocycles. The molecule has 1 aromatic heterocycles. The van der Waals surface area contributed by atoms with E-state index in [4.69, 9.17) is 0 Å². The minimum Gasteiger partial charge on any atom is -0.394 e. The molecule has 5 nitrogen and oxygen atoms in total. The first-order valence-electron chi connectivity index (χ1n) is 9.09. The van der Waals surface area contributed by atoms with Crippen LogP contribution in [0.4, 0.5) is 13.2 Å². The van der Waals surface area contributed by atoms with Gasteiger partial charge in [-0.25, -0.2) is 0 Å². The molecule has 0 radical (unpaired) electrons. The van der Waals surface area contributed by atoms with Gasteiger partial charge in [0.15, 0.2) is 0 Å². The van der Waals surface area contributed by atoms with Gasteiger partial charge in [-0.15, -0.1) is 0 Å². The van der Waals surface area contributed by atoms with E-state index in [1.165, 1.54) is 0 Å². The second-order valence-corrected chi connectivity index (χ2v) is 7.30. The lowest BCUT2D eigenvalue weighted by molar-refractivity contribution is -0.143. The normalized spacial score (nSPS) is 22.1. The number of rotatable bonds is 6. The Morgan fingerprint density at radius 1 is 1.38 bits per heavy atom. The quantitative estimate of drug-likeness (QED) is 0.830. The first-order valence-corrected chi connectivity index (χ1v) is 9.09. The van der Waals surface area contributed by atoms with Crippen LogP contribution in [-0.4, -0.2) is 50.6 Å². The SMILES string of the molecule is CCC[C@@]1(CO)CCCN1C(=O)[C@H](C)c1c(C)nn(CC(F)(F)F)c1C. The third kappa shape index (κ3) is 3.89. The fourth-order valence-electron chi connectivity index (χ4n) is 4.27. The Hall–Kier alpha value is -1.57. The number of hydrogen-bond acceptors (Lipinski definition) is 3. The van der Waals surface area contributed by atoms with Crippen molar-refractivity contribution in [3.05, 3.63) is 17.0 Å². The van der Waals surface area contributed by atoms with Crippen LogP contribution < -0.4 is 0 Å². The number of nitrogens with zero attached hydrogens (tertiary/aromatic N) is 3. The maximum atomic E-state index is 13.1. The van der Waals surface area contributed by atoms with Crippen molar-refractivity contribution in [1.82, 2.24) is 14.7 Å². The Kier molecular flexibility index (Phi) is 6.05. The molecule has 148 valence electrons. The number of halogens is 3. The molecule has 0 bridgehead atoms. The van der Waals surface area contributed by atoms with Crippen LogP contribution in [0, 0.1) is 13.8 Å². The fraction of sp³-hybridized carbons (Fsp3) is 0.778. The van der Waals surface area contributed by atoms with Gasteiger partial charge in [0.2, 0.25) is 5.91 Å². The summed E-state index contributed by atoms with van der Waals surface area (Å²) in [6.45, 7) is 6.24. The fourth-order valence-corrected chi connectivity index (χ4v) is 4.27. The van der Waals surface area contributed by atoms with Gasteiger partial charge in [-0.3, -0.25) is 9.48 Å². The standard InChI is InChI=1S/C18H28F3N3O2/c1-5-7-17(11-25)8-6-9-23(17)16(26)12(2)15-13(3)22-24(14(15)4)10-18(19,20)21/h12,25H,5-11H2,1-4H3/t12-,17+/m1/s1. The highest BCUT2D eigenvalue weighted by atomic mass is 19.4. The number of hydrogen-bond donors (Lipinski definition) is 1. The lowest BCUT2D eigenvalue weighted by Gasteiger charge is -2.38. The van der Waals surface area contributed by atoms with E-state index in [2.05, 4.69) is 5.10 Å². The molecule has 0 aliphatic carbocycles. The van der Waals surface area contributed by atoms with Crippen molar-refractivity contribution in [3.8, 4) is 0 Å². The lowest BCUT2D eigenvalue weighted by atomic mass is 9.89. The molecule has 0 saturated carbocycles. The van der Waals surface area contributed by atoms with Crippen molar-refractivity contribution in [3.63, 3.8) is 0 Å². The largest absolute Gasteiger partial charge is 0.408 e. The third-order valence-electron chi connectivity index (χ3n) is 5.44. The number of alkyl halides is 3. The summed E-state index contributed by atoms with van der Waals surface area (Å²) in [4.78, 5) is 14.9. The summed E-state index contributed by atoms with van der Waals surface area (Å²) in [6.07, 6.45) is -1.23. The molecule has 0 spiro atoms. The molecule has 2 rings (SSSR count). The van der Waals surface area contributed by atoms with Gasteiger partial charge in [-0.2, -0.15) is 18.3 Å². The van der Waals surface area contributed by atoms with Crippen molar-refractivity contribution in [2.24, 2.45) is 0 Å². The summed E-state index contributed by atoms with van der Waals surface area (Å²) < 4.78 is 39.1. The van der Waals surface area contributed by atoms with Gasteiger partial charge in [0.1, 0.15) is 6.54 Å². The summed E-state index contributed by atoms with van der Waals surface area (Å²) >= 11 is 0. The predicted octanol–water partition coefficient (Wildman–Crippen LogP) is 3.32. The lowest BCUT2D eigenvalue weighted by Crippen LogP contribution is -2.51. The van der Waals surface area contributed by atoms with E-state index in [9.17, 15) is 23.1 Å². The van der Waals surface area contributed by atoms with Crippen molar-refractivity contribution >= 4 is 5.91 Å². The number of carbonyl (C=O) groups excluding carboxylic acids is 1. The maximum Gasteiger partial charge on any atom is 0.408 e. The van der Waals surface area contributed by atoms with Crippen LogP contribution in [0.1, 0.15) is 62.4 Å². The minimum atomic E-state index is -4.37. The van der Waals surface area contributed by atoms with Crippen LogP contribution in [0.3, 0.4) is 0 Å². The van der Waals surface area contributed by atoms with Crippen molar-refractivity contribution < 1.29 is 23.1 Å². The Labute approximate surface area is 152 Å². The Bertz CT molecular complexity index is 657. The first-order chi connectivity index (χ1) is 12.1. The van der Waals surface area contributed by atoms with Crippen LogP contribution in [-0.2, 0) is 11.3 Å². The highest BCUT2D eigenvalue weighted by molar-refractivity contribution is 5.85. The van der Waals surface area contributed by atoms with Crippen LogP contribution >= 0.6 is 0 Å². The van der Waals surface area contributed by atoms with Crippen LogP contribution in [0.5, 0.6) is 0 Å². The average molecular weight is 375 g/mol. The zero-order valence-electron chi connectivity index (χ0n) is 15.9. The van der Waals surface area contributed by atoms with E-state index >= 15 is 0 Å². The summed E-state index contributed by atoms with van der Waals surface area (Å²) in [5.41, 5.74) is 0.806. The van der Waals surface area contributed by atoms with Crippen molar-refractivity contribution in [1.29, 1.82) is 0 Å². The minimum absolute atomic E-state index is 0.0927. The van der Waals surface area contributed by atoms with E-state index in [1.54, 1.807) is 25.7 Å². The molecule has 0 unspecified atom stereocenters. The smallest absolute Gasteiger partial charge is 0.394 e. The zero-order chi connectivity index (χ0) is 19.7. The second-order valence-electron chi connectivity index (χ2n) is 7.30. The van der Waals surface area contributed by atoms with Crippen LogP contribution in [0.25, 0.3) is 0 Å². The van der Waals surface area contributed by atoms with Crippen LogP contribution in [0.2, 0.25) is 0 Å². The monoisotopic (exact) mass is 375 g/mol. The number of likely N-dealkylation sites (tertiary alicyclic amines) is 1. The van der Waals surface area contributed by atoms with Crippen LogP contribution in [0.15, 0.2) is 0 Å². The topological polar surface area (TPSA) is 58.4 Å². The summed E-state index contributed by atoms with van der Waals surface area (Å²) in [5.74, 6) is -0.749. The number of aliphatic hydroxyl groups excluding tert-OH is 1. The van der Waals surface area contributed by atoms with Crippen molar-refractivity contribution in [2.75, 3.05) is 13.2 Å². The molecule has 2 atom stereocenters. The van der Waals surface area contributed by atoms with Gasteiger partial charge < -0.3 is 10.0 Å². The Morgan fingerprint density at radius 2 is 2.04 bits per heavy atom. The van der Waals surface area contributed by atoms with Gasteiger partial charge in [0.25, 0.3) is 0 Å². The van der Waals surface area contributed by atoms with Gasteiger partial charge in [-0.1, -0.05) is 13.3 Å². The molecule has 1 N–H and O–H groups in total. The average Bonchev–Trinajstić information content (AvgIpc) is 3.07. The predicted molar refractivity (Wildman–Crippen MR) is 91.8 cm³/mol. The van der Waals surface area contributed by atoms with E-state index in [-0.39, 0.29) is 12.5 Å². The van der Waals surface area contributed by atoms with E-state index in [0.29, 0.717) is 29.9 Å². The molecule has 8 heteroatoms. The summed E-state index contributed by atoms with van der Waals surface area (Å²) in [6, 6.07) is 0. The Balaban J connectivity index is 2.31. The van der Waals surface area contributed by atoms with Gasteiger partial charge in [0.05, 0.1) is 23.8 Å². The maximum absolute atomic E-state index is 13.1. The summed E-state index contributed by atoms with van der Waals surface area (Å²) in [5, 5.41) is 13.9. The van der Waals surface area contributed by atoms with Crippen molar-refractivity contribution in [2.45, 2.75) is 77.6 Å². The zero-order valence-corrected chi connectivity index (χ0v) is 15.9. The molecular weight excluding hydrogens is 347 g/mol. The van der Waals surface area contributed by atoms with E-state index in [0.717, 1.165) is 23.9 Å². The molecule has 1 amide bonds. The highest BCUT2D eigenvalue weighted by Gasteiger charge is 2.44. The first kappa shape index (κ1) is 20.7. The van der Waals surface area contributed by atoms with Gasteiger partial charge >= 0.3 is 6.18 Å². The molecule has 1 aliphatic heterocycles. The molecule has 26 heavy (non-hydrogen) atoms. The second kappa shape index (κ2) is 7.58. The summed E-state index contributed by atoms with van der Waals surface area (Å²) in [7, 11) is 0. The number of aromatic nitrogens is 2. The Morgan fingerprint density at radius 3 is 2.58 bits per heavy atom. The molecule has 1 aromatic rings. The third-order valence-corrected chi connectivity index (χ3v) is 5.44. The molecule has 2 heterocycles. The van der Waals surface area contributed by atoms with E-state index in [1.807, 2.05) is 6.92 Å². The number of carbonyl (C=O) groups is 1. The number of amides is 1. The molecule has 1 saturated heterocycles.